The number of hydrogen-bond donors (Lipinski definition) is 0. The molecule has 0 N–H and O–H groups in total. The Hall–Kier alpha value is -2.15. The molecule has 1 aromatic rings. The molecule has 0 aliphatic carbocycles. The largest absolute Gasteiger partial charge is 0.466 e. The monoisotopic (exact) mass is 334 g/mol. The Balaban J connectivity index is 2.17. The molecule has 1 amide bonds. The van der Waals surface area contributed by atoms with Crippen LogP contribution >= 0.6 is 11.8 Å². The van der Waals surface area contributed by atoms with Crippen LogP contribution in [0.15, 0.2) is 40.5 Å². The lowest BCUT2D eigenvalue weighted by Crippen LogP contribution is -2.45. The molecule has 3 rings (SSSR count). The van der Waals surface area contributed by atoms with Crippen molar-refractivity contribution < 1.29 is 18.7 Å². The lowest BCUT2D eigenvalue weighted by molar-refractivity contribution is -0.137. The molecule has 2 heterocycles. The van der Waals surface area contributed by atoms with E-state index in [0.717, 1.165) is 0 Å². The van der Waals surface area contributed by atoms with Crippen molar-refractivity contribution in [3.05, 3.63) is 46.9 Å². The number of hydrogen-bond acceptors (Lipinski definition) is 5. The molecule has 0 aromatic heterocycles. The summed E-state index contributed by atoms with van der Waals surface area (Å²) in [5.41, 5.74) is 1.47. The third kappa shape index (κ3) is 2.76. The number of aliphatic imine (C=N–C) groups is 1. The van der Waals surface area contributed by atoms with Crippen LogP contribution in [0.2, 0.25) is 0 Å². The van der Waals surface area contributed by atoms with E-state index in [2.05, 4.69) is 4.99 Å². The molecular formula is C16H15FN2O3S. The van der Waals surface area contributed by atoms with Gasteiger partial charge in [-0.1, -0.05) is 23.9 Å². The molecule has 0 spiro atoms. The van der Waals surface area contributed by atoms with Gasteiger partial charge < -0.3 is 4.74 Å². The van der Waals surface area contributed by atoms with Gasteiger partial charge in [0, 0.05) is 12.2 Å². The van der Waals surface area contributed by atoms with Crippen LogP contribution < -0.4 is 0 Å². The molecule has 2 aliphatic heterocycles. The summed E-state index contributed by atoms with van der Waals surface area (Å²) in [6.07, 6.45) is 0.370. The van der Waals surface area contributed by atoms with Crippen molar-refractivity contribution in [2.75, 3.05) is 12.9 Å². The number of rotatable bonds is 2. The fraction of sp³-hybridized carbons (Fsp3) is 0.312. The van der Waals surface area contributed by atoms with Gasteiger partial charge in [-0.25, -0.2) is 14.2 Å². The summed E-state index contributed by atoms with van der Waals surface area (Å²) in [4.78, 5) is 30.6. The number of ether oxygens (including phenoxy) is 1. The SMILES string of the molecule is COC(=O)C1=C(C)N=C2SCCC(=O)N2[C@H]1c1ccc(F)cc1. The number of halogens is 1. The molecule has 120 valence electrons. The fourth-order valence-corrected chi connectivity index (χ4v) is 3.73. The Labute approximate surface area is 137 Å². The second-order valence-corrected chi connectivity index (χ2v) is 6.26. The first-order chi connectivity index (χ1) is 11.0. The molecule has 23 heavy (non-hydrogen) atoms. The van der Waals surface area contributed by atoms with Crippen LogP contribution in [0.5, 0.6) is 0 Å². The van der Waals surface area contributed by atoms with Gasteiger partial charge in [-0.3, -0.25) is 9.69 Å². The molecule has 0 bridgehead atoms. The number of carbonyl (C=O) groups excluding carboxylic acids is 2. The van der Waals surface area contributed by atoms with Gasteiger partial charge in [0.2, 0.25) is 5.91 Å². The minimum Gasteiger partial charge on any atom is -0.466 e. The van der Waals surface area contributed by atoms with E-state index in [0.29, 0.717) is 34.2 Å². The average molecular weight is 334 g/mol. The number of allylic oxidation sites excluding steroid dienone is 1. The van der Waals surface area contributed by atoms with Crippen LogP contribution in [0, 0.1) is 5.82 Å². The predicted octanol–water partition coefficient (Wildman–Crippen LogP) is 2.65. The molecular weight excluding hydrogens is 319 g/mol. The van der Waals surface area contributed by atoms with E-state index in [-0.39, 0.29) is 11.7 Å². The molecule has 0 saturated carbocycles. The van der Waals surface area contributed by atoms with Gasteiger partial charge in [0.05, 0.1) is 24.4 Å². The zero-order valence-corrected chi connectivity index (χ0v) is 13.5. The minimum atomic E-state index is -0.643. The maximum atomic E-state index is 13.3. The van der Waals surface area contributed by atoms with E-state index in [1.807, 2.05) is 0 Å². The quantitative estimate of drug-likeness (QED) is 0.780. The van der Waals surface area contributed by atoms with E-state index in [1.165, 1.54) is 35.9 Å². The topological polar surface area (TPSA) is 59.0 Å². The molecule has 0 radical (unpaired) electrons. The highest BCUT2D eigenvalue weighted by Crippen LogP contribution is 2.40. The first kappa shape index (κ1) is 15.7. The maximum absolute atomic E-state index is 13.3. The Bertz CT molecular complexity index is 727. The Morgan fingerprint density at radius 1 is 1.39 bits per heavy atom. The van der Waals surface area contributed by atoms with Gasteiger partial charge in [-0.05, 0) is 24.6 Å². The number of fused-ring (bicyclic) bond motifs is 1. The summed E-state index contributed by atoms with van der Waals surface area (Å²) in [7, 11) is 1.29. The van der Waals surface area contributed by atoms with E-state index < -0.39 is 12.0 Å². The van der Waals surface area contributed by atoms with E-state index in [9.17, 15) is 14.0 Å². The summed E-state index contributed by atoms with van der Waals surface area (Å²) in [5, 5.41) is 0.570. The van der Waals surface area contributed by atoms with Gasteiger partial charge in [0.15, 0.2) is 5.17 Å². The Kier molecular flexibility index (Phi) is 4.21. The van der Waals surface area contributed by atoms with Crippen molar-refractivity contribution in [3.8, 4) is 0 Å². The van der Waals surface area contributed by atoms with Crippen LogP contribution in [0.1, 0.15) is 24.9 Å². The first-order valence-electron chi connectivity index (χ1n) is 7.11. The average Bonchev–Trinajstić information content (AvgIpc) is 2.54. The summed E-state index contributed by atoms with van der Waals surface area (Å²) >= 11 is 1.47. The van der Waals surface area contributed by atoms with Gasteiger partial charge in [0.25, 0.3) is 0 Å². The molecule has 5 nitrogen and oxygen atoms in total. The lowest BCUT2D eigenvalue weighted by atomic mass is 9.94. The van der Waals surface area contributed by atoms with E-state index >= 15 is 0 Å². The summed E-state index contributed by atoms with van der Waals surface area (Å²) in [6, 6.07) is 5.13. The number of thioether (sulfide) groups is 1. The molecule has 0 unspecified atom stereocenters. The molecule has 2 aliphatic rings. The molecule has 1 aromatic carbocycles. The van der Waals surface area contributed by atoms with Gasteiger partial charge >= 0.3 is 5.97 Å². The highest BCUT2D eigenvalue weighted by Gasteiger charge is 2.41. The summed E-state index contributed by atoms with van der Waals surface area (Å²) in [6.45, 7) is 1.72. The number of carbonyl (C=O) groups is 2. The van der Waals surface area contributed by atoms with E-state index in [1.54, 1.807) is 19.1 Å². The summed E-state index contributed by atoms with van der Waals surface area (Å²) in [5.74, 6) is -0.364. The van der Waals surface area contributed by atoms with Crippen LogP contribution in [-0.4, -0.2) is 34.8 Å². The van der Waals surface area contributed by atoms with Crippen molar-refractivity contribution in [1.82, 2.24) is 4.90 Å². The van der Waals surface area contributed by atoms with Gasteiger partial charge in [0.1, 0.15) is 5.82 Å². The third-order valence-electron chi connectivity index (χ3n) is 3.80. The van der Waals surface area contributed by atoms with Crippen molar-refractivity contribution >= 4 is 28.8 Å². The number of benzene rings is 1. The highest BCUT2D eigenvalue weighted by molar-refractivity contribution is 8.14. The van der Waals surface area contributed by atoms with Gasteiger partial charge in [-0.2, -0.15) is 0 Å². The first-order valence-corrected chi connectivity index (χ1v) is 8.09. The molecule has 1 fully saturated rings. The van der Waals surface area contributed by atoms with Crippen molar-refractivity contribution in [2.24, 2.45) is 4.99 Å². The molecule has 7 heteroatoms. The van der Waals surface area contributed by atoms with Crippen LogP contribution in [0.3, 0.4) is 0 Å². The predicted molar refractivity (Wildman–Crippen MR) is 85.2 cm³/mol. The maximum Gasteiger partial charge on any atom is 0.338 e. The Morgan fingerprint density at radius 2 is 2.09 bits per heavy atom. The normalized spacial score (nSPS) is 21.0. The zero-order chi connectivity index (χ0) is 16.6. The smallest absolute Gasteiger partial charge is 0.338 e. The number of esters is 1. The van der Waals surface area contributed by atoms with Crippen LogP contribution in [0.25, 0.3) is 0 Å². The second-order valence-electron chi connectivity index (χ2n) is 5.20. The molecule has 1 saturated heterocycles. The van der Waals surface area contributed by atoms with E-state index in [4.69, 9.17) is 4.74 Å². The molecule has 1 atom stereocenters. The minimum absolute atomic E-state index is 0.106. The number of amidine groups is 1. The summed E-state index contributed by atoms with van der Waals surface area (Å²) < 4.78 is 18.1. The zero-order valence-electron chi connectivity index (χ0n) is 12.7. The number of nitrogens with zero attached hydrogens (tertiary/aromatic N) is 2. The Morgan fingerprint density at radius 3 is 2.74 bits per heavy atom. The number of methoxy groups -OCH3 is 1. The highest BCUT2D eigenvalue weighted by atomic mass is 32.2. The van der Waals surface area contributed by atoms with Crippen LogP contribution in [-0.2, 0) is 14.3 Å². The fourth-order valence-electron chi connectivity index (χ4n) is 2.73. The number of amides is 1. The van der Waals surface area contributed by atoms with Crippen molar-refractivity contribution in [2.45, 2.75) is 19.4 Å². The second kappa shape index (κ2) is 6.16. The van der Waals surface area contributed by atoms with Crippen molar-refractivity contribution in [1.29, 1.82) is 0 Å². The van der Waals surface area contributed by atoms with Gasteiger partial charge in [-0.15, -0.1) is 0 Å². The lowest BCUT2D eigenvalue weighted by Gasteiger charge is -2.38. The van der Waals surface area contributed by atoms with Crippen LogP contribution in [0.4, 0.5) is 4.39 Å². The standard InChI is InChI=1S/C16H15FN2O3S/c1-9-13(15(21)22-2)14(10-3-5-11(17)6-4-10)19-12(20)7-8-23-16(19)18-9/h3-6,14H,7-8H2,1-2H3/t14-/m0/s1. The van der Waals surface area contributed by atoms with Crippen molar-refractivity contribution in [3.63, 3.8) is 0 Å². The third-order valence-corrected chi connectivity index (χ3v) is 4.75.